The number of hydrogen-bond donors (Lipinski definition) is 1. The lowest BCUT2D eigenvalue weighted by Gasteiger charge is -2.08. The maximum atomic E-state index is 10.8. The third-order valence-electron chi connectivity index (χ3n) is 2.68. The van der Waals surface area contributed by atoms with Gasteiger partial charge in [-0.2, -0.15) is 0 Å². The summed E-state index contributed by atoms with van der Waals surface area (Å²) in [6, 6.07) is 4.69. The molecule has 0 unspecified atom stereocenters. The van der Waals surface area contributed by atoms with Crippen LogP contribution in [0.1, 0.15) is 16.2 Å². The van der Waals surface area contributed by atoms with Crippen LogP contribution in [0, 0.1) is 0 Å². The molecule has 0 spiro atoms. The zero-order valence-electron chi connectivity index (χ0n) is 10.3. The number of halogens is 1. The summed E-state index contributed by atoms with van der Waals surface area (Å²) in [5.74, 6) is 0.609. The third-order valence-corrected chi connectivity index (χ3v) is 3.30. The number of aromatic carboxylic acids is 1. The van der Waals surface area contributed by atoms with Crippen LogP contribution in [0.3, 0.4) is 0 Å². The molecule has 100 valence electrons. The van der Waals surface area contributed by atoms with Gasteiger partial charge in [0, 0.05) is 25.9 Å². The number of hydrogen-bond acceptors (Lipinski definition) is 3. The molecule has 0 aliphatic carbocycles. The number of benzene rings is 1. The minimum absolute atomic E-state index is 0.225. The van der Waals surface area contributed by atoms with Crippen molar-refractivity contribution in [3.8, 4) is 5.75 Å². The molecule has 0 fully saturated rings. The van der Waals surface area contributed by atoms with E-state index in [1.165, 1.54) is 12.1 Å². The van der Waals surface area contributed by atoms with Crippen molar-refractivity contribution in [2.75, 3.05) is 6.61 Å². The topological polar surface area (TPSA) is 64.4 Å². The first-order valence-corrected chi connectivity index (χ1v) is 6.49. The molecule has 1 N–H and O–H groups in total. The first-order valence-electron chi connectivity index (χ1n) is 5.70. The molecule has 6 heteroatoms. The van der Waals surface area contributed by atoms with E-state index in [1.54, 1.807) is 12.3 Å². The van der Waals surface area contributed by atoms with Crippen LogP contribution < -0.4 is 4.74 Å². The van der Waals surface area contributed by atoms with E-state index in [0.29, 0.717) is 23.2 Å². The maximum Gasteiger partial charge on any atom is 0.335 e. The highest BCUT2D eigenvalue weighted by Gasteiger charge is 2.08. The van der Waals surface area contributed by atoms with Crippen LogP contribution in [0.25, 0.3) is 0 Å². The van der Waals surface area contributed by atoms with Crippen LogP contribution in [-0.2, 0) is 13.5 Å². The van der Waals surface area contributed by atoms with Gasteiger partial charge in [0.15, 0.2) is 0 Å². The maximum absolute atomic E-state index is 10.8. The first kappa shape index (κ1) is 13.6. The van der Waals surface area contributed by atoms with E-state index in [2.05, 4.69) is 20.9 Å². The highest BCUT2D eigenvalue weighted by molar-refractivity contribution is 9.10. The summed E-state index contributed by atoms with van der Waals surface area (Å²) in [4.78, 5) is 15.0. The fourth-order valence-electron chi connectivity index (χ4n) is 1.64. The summed E-state index contributed by atoms with van der Waals surface area (Å²) < 4.78 is 8.17. The summed E-state index contributed by atoms with van der Waals surface area (Å²) in [6.07, 6.45) is 4.32. The molecule has 0 atom stereocenters. The lowest BCUT2D eigenvalue weighted by Crippen LogP contribution is -2.06. The molecule has 0 saturated heterocycles. The van der Waals surface area contributed by atoms with Gasteiger partial charge in [0.25, 0.3) is 0 Å². The van der Waals surface area contributed by atoms with Crippen LogP contribution in [0.5, 0.6) is 5.75 Å². The van der Waals surface area contributed by atoms with E-state index in [9.17, 15) is 4.79 Å². The Hall–Kier alpha value is -1.82. The van der Waals surface area contributed by atoms with E-state index in [1.807, 2.05) is 17.8 Å². The summed E-state index contributed by atoms with van der Waals surface area (Å²) in [5, 5.41) is 8.86. The molecule has 2 aromatic rings. The average Bonchev–Trinajstić information content (AvgIpc) is 2.77. The molecular weight excluding hydrogens is 312 g/mol. The summed E-state index contributed by atoms with van der Waals surface area (Å²) in [5.41, 5.74) is 0.225. The molecule has 19 heavy (non-hydrogen) atoms. The number of carboxylic acids is 1. The second kappa shape index (κ2) is 5.88. The number of imidazole rings is 1. The van der Waals surface area contributed by atoms with Crippen molar-refractivity contribution >= 4 is 21.9 Å². The third kappa shape index (κ3) is 3.35. The van der Waals surface area contributed by atoms with Crippen molar-refractivity contribution in [2.45, 2.75) is 6.42 Å². The quantitative estimate of drug-likeness (QED) is 0.917. The Balaban J connectivity index is 1.96. The van der Waals surface area contributed by atoms with Gasteiger partial charge in [-0.15, -0.1) is 0 Å². The number of carbonyl (C=O) groups is 1. The van der Waals surface area contributed by atoms with Crippen LogP contribution in [0.2, 0.25) is 0 Å². The highest BCUT2D eigenvalue weighted by Crippen LogP contribution is 2.26. The van der Waals surface area contributed by atoms with Gasteiger partial charge in [-0.1, -0.05) is 0 Å². The normalized spacial score (nSPS) is 10.4. The number of ether oxygens (including phenoxy) is 1. The predicted molar refractivity (Wildman–Crippen MR) is 73.5 cm³/mol. The van der Waals surface area contributed by atoms with Crippen LogP contribution in [0.15, 0.2) is 35.1 Å². The van der Waals surface area contributed by atoms with Gasteiger partial charge in [-0.05, 0) is 34.1 Å². The Morgan fingerprint density at radius 2 is 2.32 bits per heavy atom. The van der Waals surface area contributed by atoms with Crippen molar-refractivity contribution in [1.82, 2.24) is 9.55 Å². The SMILES string of the molecule is Cn1ccnc1CCOc1ccc(C(=O)O)cc1Br. The van der Waals surface area contributed by atoms with Gasteiger partial charge in [-0.25, -0.2) is 9.78 Å². The summed E-state index contributed by atoms with van der Waals surface area (Å²) in [6.45, 7) is 0.482. The number of rotatable bonds is 5. The van der Waals surface area contributed by atoms with Crippen molar-refractivity contribution in [1.29, 1.82) is 0 Å². The smallest absolute Gasteiger partial charge is 0.335 e. The van der Waals surface area contributed by atoms with Crippen molar-refractivity contribution in [2.24, 2.45) is 7.05 Å². The van der Waals surface area contributed by atoms with Crippen molar-refractivity contribution in [3.05, 3.63) is 46.5 Å². The minimum atomic E-state index is -0.958. The Labute approximate surface area is 119 Å². The summed E-state index contributed by atoms with van der Waals surface area (Å²) >= 11 is 3.30. The Morgan fingerprint density at radius 3 is 2.89 bits per heavy atom. The molecule has 1 heterocycles. The molecule has 0 radical (unpaired) electrons. The van der Waals surface area contributed by atoms with Crippen molar-refractivity contribution < 1.29 is 14.6 Å². The molecule has 0 saturated carbocycles. The number of nitrogens with zero attached hydrogens (tertiary/aromatic N) is 2. The predicted octanol–water partition coefficient (Wildman–Crippen LogP) is 2.50. The van der Waals surface area contributed by atoms with Crippen LogP contribution >= 0.6 is 15.9 Å². The second-order valence-electron chi connectivity index (χ2n) is 4.00. The number of aryl methyl sites for hydroxylation is 1. The van der Waals surface area contributed by atoms with E-state index < -0.39 is 5.97 Å². The molecule has 0 bridgehead atoms. The molecule has 0 aliphatic heterocycles. The van der Waals surface area contributed by atoms with E-state index in [-0.39, 0.29) is 5.56 Å². The Bertz CT molecular complexity index is 595. The molecule has 0 amide bonds. The van der Waals surface area contributed by atoms with Gasteiger partial charge in [0.2, 0.25) is 0 Å². The largest absolute Gasteiger partial charge is 0.492 e. The highest BCUT2D eigenvalue weighted by atomic mass is 79.9. The molecule has 5 nitrogen and oxygen atoms in total. The molecular formula is C13H13BrN2O3. The van der Waals surface area contributed by atoms with Gasteiger partial charge in [0.05, 0.1) is 16.6 Å². The average molecular weight is 325 g/mol. The van der Waals surface area contributed by atoms with Gasteiger partial charge in [0.1, 0.15) is 11.6 Å². The Kier molecular flexibility index (Phi) is 4.21. The fourth-order valence-corrected chi connectivity index (χ4v) is 2.13. The standard InChI is InChI=1S/C13H13BrN2O3/c1-16-6-5-15-12(16)4-7-19-11-3-2-9(13(17)18)8-10(11)14/h2-3,5-6,8H,4,7H2,1H3,(H,17,18). The zero-order chi connectivity index (χ0) is 13.8. The first-order chi connectivity index (χ1) is 9.08. The second-order valence-corrected chi connectivity index (χ2v) is 4.86. The molecule has 1 aromatic heterocycles. The van der Waals surface area contributed by atoms with E-state index in [4.69, 9.17) is 9.84 Å². The molecule has 0 aliphatic rings. The lowest BCUT2D eigenvalue weighted by molar-refractivity contribution is 0.0697. The van der Waals surface area contributed by atoms with Gasteiger partial charge < -0.3 is 14.4 Å². The molecule has 2 rings (SSSR count). The number of carboxylic acid groups (broad SMARTS) is 1. The number of aromatic nitrogens is 2. The van der Waals surface area contributed by atoms with Crippen molar-refractivity contribution in [3.63, 3.8) is 0 Å². The van der Waals surface area contributed by atoms with Gasteiger partial charge in [-0.3, -0.25) is 0 Å². The van der Waals surface area contributed by atoms with E-state index in [0.717, 1.165) is 5.82 Å². The van der Waals surface area contributed by atoms with E-state index >= 15 is 0 Å². The fraction of sp³-hybridized carbons (Fsp3) is 0.231. The molecule has 1 aromatic carbocycles. The van der Waals surface area contributed by atoms with Crippen LogP contribution in [-0.4, -0.2) is 27.2 Å². The monoisotopic (exact) mass is 324 g/mol. The lowest BCUT2D eigenvalue weighted by atomic mass is 10.2. The Morgan fingerprint density at radius 1 is 1.53 bits per heavy atom. The summed E-state index contributed by atoms with van der Waals surface area (Å²) in [7, 11) is 1.93. The zero-order valence-corrected chi connectivity index (χ0v) is 11.9. The van der Waals surface area contributed by atoms with Crippen LogP contribution in [0.4, 0.5) is 0 Å². The van der Waals surface area contributed by atoms with Gasteiger partial charge >= 0.3 is 5.97 Å². The minimum Gasteiger partial charge on any atom is -0.492 e.